The van der Waals surface area contributed by atoms with Crippen molar-refractivity contribution >= 4 is 11.8 Å². The molecule has 0 spiro atoms. The lowest BCUT2D eigenvalue weighted by atomic mass is 9.90. The summed E-state index contributed by atoms with van der Waals surface area (Å²) < 4.78 is 118. The van der Waals surface area contributed by atoms with Gasteiger partial charge in [-0.3, -0.25) is 4.90 Å². The van der Waals surface area contributed by atoms with Gasteiger partial charge in [0.05, 0.1) is 22.4 Å². The number of halogens is 9. The molecule has 4 nitrogen and oxygen atoms in total. The number of carboxylic acid groups (broad SMARTS) is 1. The van der Waals surface area contributed by atoms with Crippen LogP contribution in [0, 0.1) is 0 Å². The number of carbonyl (C=O) groups is 1. The fraction of sp³-hybridized carbons (Fsp3) is 0.381. The van der Waals surface area contributed by atoms with Gasteiger partial charge in [-0.1, -0.05) is 0 Å². The fourth-order valence-corrected chi connectivity index (χ4v) is 3.89. The number of amides is 1. The van der Waals surface area contributed by atoms with Crippen LogP contribution in [0.25, 0.3) is 0 Å². The fourth-order valence-electron chi connectivity index (χ4n) is 3.89. The van der Waals surface area contributed by atoms with Crippen molar-refractivity contribution in [3.63, 3.8) is 0 Å². The van der Waals surface area contributed by atoms with Gasteiger partial charge in [-0.15, -0.1) is 0 Å². The molecular formula is C21H17F9N2O2. The number of alkyl halides is 9. The molecule has 2 aromatic carbocycles. The van der Waals surface area contributed by atoms with E-state index >= 15 is 0 Å². The molecule has 1 aliphatic rings. The van der Waals surface area contributed by atoms with Gasteiger partial charge in [0.25, 0.3) is 0 Å². The van der Waals surface area contributed by atoms with Crippen molar-refractivity contribution in [3.8, 4) is 0 Å². The van der Waals surface area contributed by atoms with E-state index in [2.05, 4.69) is 5.32 Å². The summed E-state index contributed by atoms with van der Waals surface area (Å²) in [5.74, 6) is 0. The van der Waals surface area contributed by atoms with E-state index in [4.69, 9.17) is 0 Å². The first-order chi connectivity index (χ1) is 15.5. The van der Waals surface area contributed by atoms with Gasteiger partial charge in [0.1, 0.15) is 0 Å². The maximum Gasteiger partial charge on any atom is 0.416 e. The molecule has 0 radical (unpaired) electrons. The van der Waals surface area contributed by atoms with Gasteiger partial charge in [0.15, 0.2) is 0 Å². The van der Waals surface area contributed by atoms with Crippen molar-refractivity contribution < 1.29 is 49.4 Å². The van der Waals surface area contributed by atoms with E-state index in [1.165, 1.54) is 6.92 Å². The molecule has 0 bridgehead atoms. The van der Waals surface area contributed by atoms with Crippen molar-refractivity contribution in [3.05, 3.63) is 64.2 Å². The highest BCUT2D eigenvalue weighted by molar-refractivity contribution is 5.88. The summed E-state index contributed by atoms with van der Waals surface area (Å²) in [5.41, 5.74) is -4.64. The van der Waals surface area contributed by atoms with E-state index in [9.17, 15) is 49.4 Å². The smallest absolute Gasteiger partial charge is 0.416 e. The van der Waals surface area contributed by atoms with E-state index in [0.717, 1.165) is 17.0 Å². The lowest BCUT2D eigenvalue weighted by Gasteiger charge is -2.38. The summed E-state index contributed by atoms with van der Waals surface area (Å²) in [5, 5.41) is 12.2. The van der Waals surface area contributed by atoms with Gasteiger partial charge < -0.3 is 10.4 Å². The minimum Gasteiger partial charge on any atom is -0.465 e. The van der Waals surface area contributed by atoms with Gasteiger partial charge in [-0.25, -0.2) is 4.79 Å². The van der Waals surface area contributed by atoms with E-state index in [1.807, 2.05) is 0 Å². The second-order valence-corrected chi connectivity index (χ2v) is 7.86. The number of nitrogens with zero attached hydrogens (tertiary/aromatic N) is 1. The maximum absolute atomic E-state index is 13.2. The molecule has 13 heteroatoms. The Morgan fingerprint density at radius 2 is 1.44 bits per heavy atom. The van der Waals surface area contributed by atoms with Gasteiger partial charge in [-0.2, -0.15) is 39.5 Å². The molecule has 1 amide bonds. The van der Waals surface area contributed by atoms with E-state index < -0.39 is 59.9 Å². The van der Waals surface area contributed by atoms with Gasteiger partial charge in [-0.05, 0) is 60.9 Å². The van der Waals surface area contributed by atoms with Crippen molar-refractivity contribution in [2.24, 2.45) is 0 Å². The van der Waals surface area contributed by atoms with Crippen LogP contribution in [0.3, 0.4) is 0 Å². The van der Waals surface area contributed by atoms with Crippen molar-refractivity contribution in [2.75, 3.05) is 4.90 Å². The van der Waals surface area contributed by atoms with Crippen LogP contribution < -0.4 is 10.2 Å². The quantitative estimate of drug-likeness (QED) is 0.454. The first-order valence-electron chi connectivity index (χ1n) is 9.73. The minimum atomic E-state index is -5.05. The van der Waals surface area contributed by atoms with Crippen LogP contribution in [0.2, 0.25) is 0 Å². The van der Waals surface area contributed by atoms with Crippen LogP contribution in [-0.2, 0) is 25.1 Å². The second-order valence-electron chi connectivity index (χ2n) is 7.86. The first-order valence-corrected chi connectivity index (χ1v) is 9.73. The van der Waals surface area contributed by atoms with Crippen LogP contribution in [0.1, 0.15) is 47.2 Å². The molecule has 0 aliphatic carbocycles. The summed E-state index contributed by atoms with van der Waals surface area (Å²) in [6, 6.07) is 1.72. The number of hydrogen-bond donors (Lipinski definition) is 2. The van der Waals surface area contributed by atoms with Crippen LogP contribution >= 0.6 is 0 Å². The van der Waals surface area contributed by atoms with Crippen molar-refractivity contribution in [2.45, 2.75) is 50.5 Å². The predicted octanol–water partition coefficient (Wildman–Crippen LogP) is 6.85. The largest absolute Gasteiger partial charge is 0.465 e. The highest BCUT2D eigenvalue weighted by atomic mass is 19.4. The van der Waals surface area contributed by atoms with E-state index in [-0.39, 0.29) is 29.3 Å². The Balaban J connectivity index is 1.99. The number of fused-ring (bicyclic) bond motifs is 1. The molecule has 34 heavy (non-hydrogen) atoms. The van der Waals surface area contributed by atoms with Crippen molar-refractivity contribution in [1.29, 1.82) is 0 Å². The summed E-state index contributed by atoms with van der Waals surface area (Å²) in [6.07, 6.45) is -16.3. The van der Waals surface area contributed by atoms with Gasteiger partial charge in [0, 0.05) is 18.6 Å². The molecule has 0 saturated carbocycles. The Morgan fingerprint density at radius 1 is 0.912 bits per heavy atom. The number of nitrogens with one attached hydrogen (secondary N) is 1. The molecule has 0 aromatic heterocycles. The van der Waals surface area contributed by atoms with Crippen LogP contribution in [-0.4, -0.2) is 17.2 Å². The SMILES string of the molecule is C[C@H]1C[C@H](NCc2cc(C(F)(F)F)cc(C(F)(F)F)c2)c2cc(C(F)(F)F)ccc2N1C(=O)O. The lowest BCUT2D eigenvalue weighted by Crippen LogP contribution is -2.45. The molecule has 0 unspecified atom stereocenters. The predicted molar refractivity (Wildman–Crippen MR) is 102 cm³/mol. The summed E-state index contributed by atoms with van der Waals surface area (Å²) in [7, 11) is 0. The Morgan fingerprint density at radius 3 is 1.91 bits per heavy atom. The normalized spacial score (nSPS) is 19.2. The second kappa shape index (κ2) is 8.67. The lowest BCUT2D eigenvalue weighted by molar-refractivity contribution is -0.143. The highest BCUT2D eigenvalue weighted by Crippen LogP contribution is 2.41. The average molecular weight is 500 g/mol. The average Bonchev–Trinajstić information content (AvgIpc) is 2.69. The summed E-state index contributed by atoms with van der Waals surface area (Å²) in [4.78, 5) is 12.5. The van der Waals surface area contributed by atoms with Crippen LogP contribution in [0.4, 0.5) is 50.0 Å². The third-order valence-corrected chi connectivity index (χ3v) is 5.41. The number of hydrogen-bond acceptors (Lipinski definition) is 2. The minimum absolute atomic E-state index is 0.0260. The number of anilines is 1. The molecule has 1 heterocycles. The first kappa shape index (κ1) is 25.7. The third-order valence-electron chi connectivity index (χ3n) is 5.41. The zero-order valence-electron chi connectivity index (χ0n) is 17.2. The monoisotopic (exact) mass is 500 g/mol. The number of benzene rings is 2. The topological polar surface area (TPSA) is 52.6 Å². The standard InChI is InChI=1S/C21H17F9N2O2/c1-10-4-16(15-8-12(19(22,23)24)2-3-17(15)32(10)18(33)34)31-9-11-5-13(20(25,26)27)7-14(6-11)21(28,29)30/h2-3,5-8,10,16,31H,4,9H2,1H3,(H,33,34)/t10-,16-/m0/s1. The summed E-state index contributed by atoms with van der Waals surface area (Å²) >= 11 is 0. The summed E-state index contributed by atoms with van der Waals surface area (Å²) in [6.45, 7) is 0.947. The zero-order valence-corrected chi connectivity index (χ0v) is 17.2. The van der Waals surface area contributed by atoms with Gasteiger partial charge in [0.2, 0.25) is 0 Å². The Labute approximate surface area is 187 Å². The van der Waals surface area contributed by atoms with E-state index in [1.54, 1.807) is 0 Å². The third kappa shape index (κ3) is 5.40. The Bertz CT molecular complexity index is 1050. The Kier molecular flexibility index (Phi) is 6.55. The van der Waals surface area contributed by atoms with Crippen LogP contribution in [0.5, 0.6) is 0 Å². The number of rotatable bonds is 3. The molecule has 0 fully saturated rings. The molecule has 186 valence electrons. The van der Waals surface area contributed by atoms with Gasteiger partial charge >= 0.3 is 24.6 Å². The molecule has 3 rings (SSSR count). The van der Waals surface area contributed by atoms with E-state index in [0.29, 0.717) is 18.2 Å². The maximum atomic E-state index is 13.2. The molecule has 1 aliphatic heterocycles. The van der Waals surface area contributed by atoms with Crippen molar-refractivity contribution in [1.82, 2.24) is 5.32 Å². The molecule has 2 N–H and O–H groups in total. The van der Waals surface area contributed by atoms with Crippen LogP contribution in [0.15, 0.2) is 36.4 Å². The molecule has 2 aromatic rings. The molecule has 2 atom stereocenters. The molecule has 0 saturated heterocycles. The highest BCUT2D eigenvalue weighted by Gasteiger charge is 2.39. The Hall–Kier alpha value is -2.96. The molecular weight excluding hydrogens is 483 g/mol. The zero-order chi connectivity index (χ0) is 25.6.